The number of likely N-dealkylation sites (N-methyl/N-ethyl adjacent to an activating group) is 1. The van der Waals surface area contributed by atoms with Crippen molar-refractivity contribution in [1.82, 2.24) is 15.5 Å². The lowest BCUT2D eigenvalue weighted by molar-refractivity contribution is -0.160. The van der Waals surface area contributed by atoms with Gasteiger partial charge in [0.15, 0.2) is 6.29 Å². The number of halogens is 1. The number of carboxylic acid groups (broad SMARTS) is 1. The Hall–Kier alpha value is -2.40. The second-order valence-electron chi connectivity index (χ2n) is 6.85. The first-order valence-electron chi connectivity index (χ1n) is 10.5. The third-order valence-electron chi connectivity index (χ3n) is 4.59. The second kappa shape index (κ2) is 14.6. The van der Waals surface area contributed by atoms with Gasteiger partial charge in [-0.15, -0.1) is 0 Å². The van der Waals surface area contributed by atoms with Crippen molar-refractivity contribution in [2.75, 3.05) is 32.8 Å². The topological polar surface area (TPSA) is 143 Å². The monoisotopic (exact) mass is 472 g/mol. The molecule has 0 fully saturated rings. The first kappa shape index (κ1) is 27.6. The lowest BCUT2D eigenvalue weighted by atomic mass is 10.0. The van der Waals surface area contributed by atoms with Crippen LogP contribution < -0.4 is 16.4 Å². The van der Waals surface area contributed by atoms with Gasteiger partial charge in [-0.05, 0) is 38.5 Å². The Kier molecular flexibility index (Phi) is 12.6. The average molecular weight is 473 g/mol. The zero-order chi connectivity index (χ0) is 24.1. The number of amides is 3. The molecule has 0 aliphatic carbocycles. The fraction of sp³-hybridized carbons (Fsp3) is 0.571. The van der Waals surface area contributed by atoms with Crippen molar-refractivity contribution in [3.63, 3.8) is 0 Å². The van der Waals surface area contributed by atoms with E-state index in [2.05, 4.69) is 10.6 Å². The number of hydrogen-bond donors (Lipinski definition) is 4. The summed E-state index contributed by atoms with van der Waals surface area (Å²) < 4.78 is 11.1. The molecule has 3 amide bonds. The highest BCUT2D eigenvalue weighted by molar-refractivity contribution is 6.30. The molecule has 0 aliphatic heterocycles. The Balaban J connectivity index is 3.09. The van der Waals surface area contributed by atoms with Crippen LogP contribution in [0, 0.1) is 0 Å². The minimum absolute atomic E-state index is 0.177. The molecule has 1 aromatic rings. The molecule has 0 heterocycles. The number of nitrogens with one attached hydrogen (secondary N) is 2. The van der Waals surface area contributed by atoms with Gasteiger partial charge in [-0.2, -0.15) is 0 Å². The predicted octanol–water partition coefficient (Wildman–Crippen LogP) is 1.21. The number of rotatable bonds is 14. The normalized spacial score (nSPS) is 12.8. The maximum absolute atomic E-state index is 13.4. The van der Waals surface area contributed by atoms with Gasteiger partial charge in [-0.25, -0.2) is 4.79 Å². The Morgan fingerprint density at radius 1 is 1.06 bits per heavy atom. The largest absolute Gasteiger partial charge is 0.465 e. The van der Waals surface area contributed by atoms with Crippen LogP contribution >= 0.6 is 11.6 Å². The van der Waals surface area contributed by atoms with E-state index in [1.54, 1.807) is 24.3 Å². The van der Waals surface area contributed by atoms with Crippen molar-refractivity contribution in [1.29, 1.82) is 0 Å². The molecule has 1 aromatic carbocycles. The van der Waals surface area contributed by atoms with Gasteiger partial charge < -0.3 is 35.8 Å². The maximum Gasteiger partial charge on any atom is 0.405 e. The van der Waals surface area contributed by atoms with Crippen molar-refractivity contribution in [2.24, 2.45) is 5.73 Å². The molecule has 0 saturated heterocycles. The molecule has 180 valence electrons. The summed E-state index contributed by atoms with van der Waals surface area (Å²) in [6, 6.07) is 4.73. The van der Waals surface area contributed by atoms with Crippen LogP contribution in [0.15, 0.2) is 24.3 Å². The molecule has 2 unspecified atom stereocenters. The van der Waals surface area contributed by atoms with Crippen LogP contribution in [0.2, 0.25) is 5.02 Å². The molecule has 5 N–H and O–H groups in total. The van der Waals surface area contributed by atoms with Crippen LogP contribution in [0.1, 0.15) is 26.3 Å². The molecule has 32 heavy (non-hydrogen) atoms. The summed E-state index contributed by atoms with van der Waals surface area (Å²) in [7, 11) is 0. The van der Waals surface area contributed by atoms with Crippen LogP contribution in [-0.2, 0) is 25.5 Å². The third kappa shape index (κ3) is 9.39. The van der Waals surface area contributed by atoms with E-state index in [4.69, 9.17) is 31.9 Å². The molecule has 2 atom stereocenters. The Morgan fingerprint density at radius 3 is 2.12 bits per heavy atom. The summed E-state index contributed by atoms with van der Waals surface area (Å²) in [5, 5.41) is 14.2. The number of benzene rings is 1. The number of nitrogens with zero attached hydrogens (tertiary/aromatic N) is 1. The molecule has 0 radical (unpaired) electrons. The van der Waals surface area contributed by atoms with Gasteiger partial charge in [0, 0.05) is 37.7 Å². The number of nitrogens with two attached hydrogens (primary N) is 1. The van der Waals surface area contributed by atoms with Crippen molar-refractivity contribution >= 4 is 29.5 Å². The molecular formula is C21H33ClN4O6. The second-order valence-corrected chi connectivity index (χ2v) is 7.28. The zero-order valence-electron chi connectivity index (χ0n) is 18.7. The number of carbonyl (C=O) groups excluding carboxylic acids is 2. The molecule has 0 aromatic heterocycles. The van der Waals surface area contributed by atoms with Gasteiger partial charge in [0.2, 0.25) is 11.8 Å². The first-order chi connectivity index (χ1) is 15.2. The summed E-state index contributed by atoms with van der Waals surface area (Å²) in [5.41, 5.74) is 6.30. The van der Waals surface area contributed by atoms with E-state index >= 15 is 0 Å². The Labute approximate surface area is 193 Å². The molecule has 0 bridgehead atoms. The van der Waals surface area contributed by atoms with E-state index in [0.717, 1.165) is 5.56 Å². The molecule has 1 rings (SSSR count). The van der Waals surface area contributed by atoms with E-state index < -0.39 is 30.4 Å². The summed E-state index contributed by atoms with van der Waals surface area (Å²) in [6.07, 6.45) is -1.81. The predicted molar refractivity (Wildman–Crippen MR) is 120 cm³/mol. The minimum Gasteiger partial charge on any atom is -0.465 e. The Morgan fingerprint density at radius 2 is 1.66 bits per heavy atom. The average Bonchev–Trinajstić information content (AvgIpc) is 2.76. The highest BCUT2D eigenvalue weighted by Gasteiger charge is 2.30. The van der Waals surface area contributed by atoms with E-state index in [0.29, 0.717) is 24.8 Å². The fourth-order valence-electron chi connectivity index (χ4n) is 3.01. The standard InChI is InChI=1S/C21H33ClN4O6/c1-4-26(13-18(31-5-2)32-6-3)20(28)16(11-14-7-9-15(22)10-8-14)24-19(27)17(12-23)25-21(29)30/h7-10,16-18,25H,4-6,11-13,23H2,1-3H3,(H,24,27)(H,29,30). The minimum atomic E-state index is -1.39. The van der Waals surface area contributed by atoms with Crippen LogP contribution in [-0.4, -0.2) is 79.1 Å². The SMILES string of the molecule is CCOC(CN(CC)C(=O)C(Cc1ccc(Cl)cc1)NC(=O)C(CN)NC(=O)O)OCC. The lowest BCUT2D eigenvalue weighted by Crippen LogP contribution is -2.57. The van der Waals surface area contributed by atoms with E-state index in [1.165, 1.54) is 4.90 Å². The van der Waals surface area contributed by atoms with Gasteiger partial charge in [-0.1, -0.05) is 23.7 Å². The van der Waals surface area contributed by atoms with Gasteiger partial charge in [-0.3, -0.25) is 9.59 Å². The van der Waals surface area contributed by atoms with E-state index in [1.807, 2.05) is 20.8 Å². The number of hydrogen-bond acceptors (Lipinski definition) is 6. The highest BCUT2D eigenvalue weighted by Crippen LogP contribution is 2.13. The summed E-state index contributed by atoms with van der Waals surface area (Å²) in [5.74, 6) is -1.05. The lowest BCUT2D eigenvalue weighted by Gasteiger charge is -2.30. The zero-order valence-corrected chi connectivity index (χ0v) is 19.4. The van der Waals surface area contributed by atoms with Gasteiger partial charge in [0.1, 0.15) is 12.1 Å². The molecule has 10 nitrogen and oxygen atoms in total. The van der Waals surface area contributed by atoms with Crippen LogP contribution in [0.5, 0.6) is 0 Å². The van der Waals surface area contributed by atoms with Crippen molar-refractivity contribution < 1.29 is 29.0 Å². The fourth-order valence-corrected chi connectivity index (χ4v) is 3.14. The summed E-state index contributed by atoms with van der Waals surface area (Å²) in [6.45, 7) is 6.58. The highest BCUT2D eigenvalue weighted by atomic mass is 35.5. The molecular weight excluding hydrogens is 440 g/mol. The quantitative estimate of drug-likeness (QED) is 0.298. The summed E-state index contributed by atoms with van der Waals surface area (Å²) in [4.78, 5) is 38.5. The molecule has 0 spiro atoms. The molecule has 0 saturated carbocycles. The smallest absolute Gasteiger partial charge is 0.405 e. The molecule has 0 aliphatic rings. The van der Waals surface area contributed by atoms with Crippen molar-refractivity contribution in [2.45, 2.75) is 45.6 Å². The number of ether oxygens (including phenoxy) is 2. The maximum atomic E-state index is 13.4. The first-order valence-corrected chi connectivity index (χ1v) is 10.9. The van der Waals surface area contributed by atoms with Crippen LogP contribution in [0.4, 0.5) is 4.79 Å². The van der Waals surface area contributed by atoms with E-state index in [9.17, 15) is 14.4 Å². The number of carbonyl (C=O) groups is 3. The van der Waals surface area contributed by atoms with Gasteiger partial charge in [0.25, 0.3) is 0 Å². The van der Waals surface area contributed by atoms with Gasteiger partial charge >= 0.3 is 6.09 Å². The van der Waals surface area contributed by atoms with E-state index in [-0.39, 0.29) is 25.4 Å². The Bertz CT molecular complexity index is 728. The van der Waals surface area contributed by atoms with Crippen molar-refractivity contribution in [3.05, 3.63) is 34.9 Å². The van der Waals surface area contributed by atoms with Crippen LogP contribution in [0.3, 0.4) is 0 Å². The third-order valence-corrected chi connectivity index (χ3v) is 4.84. The van der Waals surface area contributed by atoms with Crippen LogP contribution in [0.25, 0.3) is 0 Å². The van der Waals surface area contributed by atoms with Crippen molar-refractivity contribution in [3.8, 4) is 0 Å². The van der Waals surface area contributed by atoms with Gasteiger partial charge in [0.05, 0.1) is 6.54 Å². The molecule has 11 heteroatoms. The summed E-state index contributed by atoms with van der Waals surface area (Å²) >= 11 is 5.94.